The van der Waals surface area contributed by atoms with Crippen LogP contribution in [0.3, 0.4) is 0 Å². The van der Waals surface area contributed by atoms with Gasteiger partial charge in [0.05, 0.1) is 13.3 Å². The average Bonchev–Trinajstić information content (AvgIpc) is 3.33. The van der Waals surface area contributed by atoms with Gasteiger partial charge in [0.2, 0.25) is 5.91 Å². The quantitative estimate of drug-likeness (QED) is 0.757. The van der Waals surface area contributed by atoms with Crippen molar-refractivity contribution in [1.82, 2.24) is 9.78 Å². The normalized spacial score (nSPS) is 20.0. The molecule has 6 heteroatoms. The standard InChI is InChI=1S/C19H23N3O3/c1-4-17(19(24)25-3)22(14-8-6-5-7-9-14)18(23)16-10-15(16)13-11-20-21(2)12-13/h5-9,11-12,15-17H,4,10H2,1-3H3/t15-,16-,17+/m0/s1. The minimum absolute atomic E-state index is 0.0303. The van der Waals surface area contributed by atoms with Gasteiger partial charge in [-0.25, -0.2) is 4.79 Å². The van der Waals surface area contributed by atoms with Crippen molar-refractivity contribution in [1.29, 1.82) is 0 Å². The summed E-state index contributed by atoms with van der Waals surface area (Å²) in [5.74, 6) is -0.374. The van der Waals surface area contributed by atoms with E-state index < -0.39 is 12.0 Å². The van der Waals surface area contributed by atoms with E-state index in [1.807, 2.05) is 56.7 Å². The highest BCUT2D eigenvalue weighted by Crippen LogP contribution is 2.49. The van der Waals surface area contributed by atoms with E-state index in [0.29, 0.717) is 6.42 Å². The van der Waals surface area contributed by atoms with E-state index in [1.165, 1.54) is 7.11 Å². The maximum absolute atomic E-state index is 13.2. The number of nitrogens with zero attached hydrogens (tertiary/aromatic N) is 3. The van der Waals surface area contributed by atoms with Crippen molar-refractivity contribution in [3.63, 3.8) is 0 Å². The van der Waals surface area contributed by atoms with Gasteiger partial charge in [0.1, 0.15) is 6.04 Å². The molecule has 0 bridgehead atoms. The number of amides is 1. The molecule has 1 aliphatic rings. The van der Waals surface area contributed by atoms with Crippen molar-refractivity contribution in [2.45, 2.75) is 31.7 Å². The Balaban J connectivity index is 1.87. The molecule has 0 aliphatic heterocycles. The molecule has 3 rings (SSSR count). The summed E-state index contributed by atoms with van der Waals surface area (Å²) in [5.41, 5.74) is 1.79. The zero-order valence-corrected chi connectivity index (χ0v) is 14.8. The molecule has 6 nitrogen and oxygen atoms in total. The van der Waals surface area contributed by atoms with Gasteiger partial charge in [-0.2, -0.15) is 5.10 Å². The maximum atomic E-state index is 13.2. The summed E-state index contributed by atoms with van der Waals surface area (Å²) in [7, 11) is 3.22. The Morgan fingerprint density at radius 1 is 1.36 bits per heavy atom. The molecule has 3 atom stereocenters. The molecule has 25 heavy (non-hydrogen) atoms. The summed E-state index contributed by atoms with van der Waals surface area (Å²) in [6.45, 7) is 1.89. The summed E-state index contributed by atoms with van der Waals surface area (Å²) in [5, 5.41) is 4.19. The topological polar surface area (TPSA) is 64.4 Å². The van der Waals surface area contributed by atoms with Crippen LogP contribution >= 0.6 is 0 Å². The van der Waals surface area contributed by atoms with Crippen molar-refractivity contribution in [2.24, 2.45) is 13.0 Å². The van der Waals surface area contributed by atoms with Crippen LogP contribution in [0.5, 0.6) is 0 Å². The van der Waals surface area contributed by atoms with Gasteiger partial charge in [0.15, 0.2) is 0 Å². The number of anilines is 1. The van der Waals surface area contributed by atoms with Gasteiger partial charge in [0.25, 0.3) is 0 Å². The first-order chi connectivity index (χ1) is 12.1. The predicted molar refractivity (Wildman–Crippen MR) is 94.1 cm³/mol. The highest BCUT2D eigenvalue weighted by atomic mass is 16.5. The molecular weight excluding hydrogens is 318 g/mol. The number of methoxy groups -OCH3 is 1. The molecule has 1 aromatic carbocycles. The van der Waals surface area contributed by atoms with E-state index in [-0.39, 0.29) is 17.7 Å². The van der Waals surface area contributed by atoms with Gasteiger partial charge in [-0.1, -0.05) is 25.1 Å². The monoisotopic (exact) mass is 341 g/mol. The molecule has 0 radical (unpaired) electrons. The number of aryl methyl sites for hydroxylation is 1. The van der Waals surface area contributed by atoms with Crippen LogP contribution in [0.4, 0.5) is 5.69 Å². The molecule has 0 spiro atoms. The van der Waals surface area contributed by atoms with Crippen molar-refractivity contribution in [2.75, 3.05) is 12.0 Å². The van der Waals surface area contributed by atoms with E-state index >= 15 is 0 Å². The Bertz CT molecular complexity index is 756. The molecule has 1 fully saturated rings. The number of aromatic nitrogens is 2. The van der Waals surface area contributed by atoms with Gasteiger partial charge >= 0.3 is 5.97 Å². The van der Waals surface area contributed by atoms with E-state index in [9.17, 15) is 9.59 Å². The molecule has 1 saturated carbocycles. The van der Waals surface area contributed by atoms with E-state index in [4.69, 9.17) is 4.74 Å². The van der Waals surface area contributed by atoms with Crippen LogP contribution in [0.25, 0.3) is 0 Å². The second kappa shape index (κ2) is 7.09. The first-order valence-corrected chi connectivity index (χ1v) is 8.51. The summed E-state index contributed by atoms with van der Waals surface area (Å²) in [4.78, 5) is 27.0. The van der Waals surface area contributed by atoms with Gasteiger partial charge in [0, 0.05) is 24.8 Å². The maximum Gasteiger partial charge on any atom is 0.328 e. The number of para-hydroxylation sites is 1. The number of benzene rings is 1. The van der Waals surface area contributed by atoms with Crippen LogP contribution in [-0.2, 0) is 21.4 Å². The summed E-state index contributed by atoms with van der Waals surface area (Å²) in [6.07, 6.45) is 5.04. The highest BCUT2D eigenvalue weighted by Gasteiger charge is 2.48. The lowest BCUT2D eigenvalue weighted by Crippen LogP contribution is -2.46. The summed E-state index contributed by atoms with van der Waals surface area (Å²) >= 11 is 0. The van der Waals surface area contributed by atoms with Crippen LogP contribution in [0.2, 0.25) is 0 Å². The van der Waals surface area contributed by atoms with Gasteiger partial charge in [-0.15, -0.1) is 0 Å². The van der Waals surface area contributed by atoms with Crippen molar-refractivity contribution >= 4 is 17.6 Å². The van der Waals surface area contributed by atoms with Crippen LogP contribution in [0.1, 0.15) is 31.2 Å². The third-order valence-corrected chi connectivity index (χ3v) is 4.70. The van der Waals surface area contributed by atoms with Crippen molar-refractivity contribution in [3.8, 4) is 0 Å². The van der Waals surface area contributed by atoms with Crippen LogP contribution in [-0.4, -0.2) is 34.8 Å². The fraction of sp³-hybridized carbons (Fsp3) is 0.421. The molecule has 0 unspecified atom stereocenters. The Morgan fingerprint density at radius 2 is 2.08 bits per heavy atom. The number of carbonyl (C=O) groups excluding carboxylic acids is 2. The predicted octanol–water partition coefficient (Wildman–Crippen LogP) is 2.51. The second-order valence-electron chi connectivity index (χ2n) is 6.39. The Kier molecular flexibility index (Phi) is 4.88. The zero-order chi connectivity index (χ0) is 18.0. The molecule has 1 aromatic heterocycles. The first-order valence-electron chi connectivity index (χ1n) is 8.51. The Morgan fingerprint density at radius 3 is 2.64 bits per heavy atom. The number of hydrogen-bond acceptors (Lipinski definition) is 4. The minimum atomic E-state index is -0.616. The van der Waals surface area contributed by atoms with Crippen LogP contribution in [0.15, 0.2) is 42.7 Å². The van der Waals surface area contributed by atoms with Gasteiger partial charge in [-0.3, -0.25) is 14.4 Å². The van der Waals surface area contributed by atoms with Crippen LogP contribution < -0.4 is 4.90 Å². The highest BCUT2D eigenvalue weighted by molar-refractivity contribution is 6.02. The first kappa shape index (κ1) is 17.2. The number of esters is 1. The molecule has 2 aromatic rings. The molecule has 1 amide bonds. The molecule has 0 saturated heterocycles. The van der Waals surface area contributed by atoms with Crippen LogP contribution in [0, 0.1) is 5.92 Å². The molecule has 1 heterocycles. The Hall–Kier alpha value is -2.63. The van der Waals surface area contributed by atoms with Gasteiger partial charge in [-0.05, 0) is 36.5 Å². The molecular formula is C19H23N3O3. The third-order valence-electron chi connectivity index (χ3n) is 4.70. The third kappa shape index (κ3) is 3.43. The fourth-order valence-corrected chi connectivity index (χ4v) is 3.29. The summed E-state index contributed by atoms with van der Waals surface area (Å²) in [6, 6.07) is 8.71. The summed E-state index contributed by atoms with van der Waals surface area (Å²) < 4.78 is 6.67. The average molecular weight is 341 g/mol. The second-order valence-corrected chi connectivity index (χ2v) is 6.39. The lowest BCUT2D eigenvalue weighted by Gasteiger charge is -2.29. The molecule has 132 valence electrons. The number of hydrogen-bond donors (Lipinski definition) is 0. The largest absolute Gasteiger partial charge is 0.467 e. The lowest BCUT2D eigenvalue weighted by atomic mass is 10.1. The van der Waals surface area contributed by atoms with E-state index in [0.717, 1.165) is 17.7 Å². The van der Waals surface area contributed by atoms with Gasteiger partial charge < -0.3 is 4.74 Å². The molecule has 1 aliphatic carbocycles. The van der Waals surface area contributed by atoms with Crippen molar-refractivity contribution < 1.29 is 14.3 Å². The lowest BCUT2D eigenvalue weighted by molar-refractivity contribution is -0.143. The molecule has 0 N–H and O–H groups in total. The van der Waals surface area contributed by atoms with E-state index in [1.54, 1.807) is 9.58 Å². The fourth-order valence-electron chi connectivity index (χ4n) is 3.29. The smallest absolute Gasteiger partial charge is 0.328 e. The number of ether oxygens (including phenoxy) is 1. The van der Waals surface area contributed by atoms with E-state index in [2.05, 4.69) is 5.10 Å². The zero-order valence-electron chi connectivity index (χ0n) is 14.8. The number of carbonyl (C=O) groups is 2. The Labute approximate surface area is 147 Å². The van der Waals surface area contributed by atoms with Crippen molar-refractivity contribution in [3.05, 3.63) is 48.3 Å². The number of rotatable bonds is 6. The minimum Gasteiger partial charge on any atom is -0.467 e. The SMILES string of the molecule is CC[C@H](C(=O)OC)N(C(=O)[C@H]1C[C@H]1c1cnn(C)c1)c1ccccc1.